The largest absolute Gasteiger partial charge is 0.399 e. The molecule has 88 valence electrons. The Balaban J connectivity index is 2.37. The molecule has 0 fully saturated rings. The second-order valence-electron chi connectivity index (χ2n) is 5.40. The van der Waals surface area contributed by atoms with Crippen LogP contribution >= 0.6 is 0 Å². The summed E-state index contributed by atoms with van der Waals surface area (Å²) in [7, 11) is 2.17. The van der Waals surface area contributed by atoms with Crippen LogP contribution in [0.1, 0.15) is 30.5 Å². The first-order chi connectivity index (χ1) is 7.56. The summed E-state index contributed by atoms with van der Waals surface area (Å²) in [5, 5.41) is 0. The highest BCUT2D eigenvalue weighted by atomic mass is 15.1. The highest BCUT2D eigenvalue weighted by molar-refractivity contribution is 5.50. The van der Waals surface area contributed by atoms with Crippen molar-refractivity contribution in [3.05, 3.63) is 28.8 Å². The third-order valence-corrected chi connectivity index (χ3v) is 3.27. The van der Waals surface area contributed by atoms with Crippen LogP contribution in [0.3, 0.4) is 0 Å². The van der Waals surface area contributed by atoms with E-state index in [4.69, 9.17) is 5.73 Å². The van der Waals surface area contributed by atoms with Crippen LogP contribution in [-0.4, -0.2) is 18.5 Å². The third kappa shape index (κ3) is 2.38. The van der Waals surface area contributed by atoms with Crippen LogP contribution in [0.5, 0.6) is 0 Å². The number of nitrogens with two attached hydrogens (primary N) is 1. The number of anilines is 1. The van der Waals surface area contributed by atoms with E-state index in [1.165, 1.54) is 24.1 Å². The fraction of sp³-hybridized carbons (Fsp3) is 0.571. The van der Waals surface area contributed by atoms with Crippen molar-refractivity contribution in [2.24, 2.45) is 5.92 Å². The van der Waals surface area contributed by atoms with Crippen LogP contribution in [-0.2, 0) is 19.4 Å². The van der Waals surface area contributed by atoms with Gasteiger partial charge in [0.15, 0.2) is 0 Å². The Morgan fingerprint density at radius 1 is 1.38 bits per heavy atom. The molecule has 0 saturated heterocycles. The Bertz CT molecular complexity index is 383. The first-order valence-corrected chi connectivity index (χ1v) is 6.15. The van der Waals surface area contributed by atoms with Gasteiger partial charge in [0.05, 0.1) is 0 Å². The molecule has 1 aromatic carbocycles. The minimum Gasteiger partial charge on any atom is -0.399 e. The molecule has 0 spiro atoms. The first-order valence-electron chi connectivity index (χ1n) is 6.15. The van der Waals surface area contributed by atoms with E-state index in [2.05, 4.69) is 37.9 Å². The van der Waals surface area contributed by atoms with Crippen molar-refractivity contribution in [2.75, 3.05) is 19.3 Å². The fourth-order valence-electron chi connectivity index (χ4n) is 2.58. The molecule has 0 saturated carbocycles. The van der Waals surface area contributed by atoms with Crippen molar-refractivity contribution in [3.63, 3.8) is 0 Å². The molecule has 1 aromatic rings. The van der Waals surface area contributed by atoms with E-state index < -0.39 is 0 Å². The van der Waals surface area contributed by atoms with Gasteiger partial charge in [0.25, 0.3) is 0 Å². The Morgan fingerprint density at radius 3 is 2.81 bits per heavy atom. The summed E-state index contributed by atoms with van der Waals surface area (Å²) in [4.78, 5) is 2.36. The maximum absolute atomic E-state index is 5.99. The summed E-state index contributed by atoms with van der Waals surface area (Å²) in [5.74, 6) is 0.700. The molecule has 2 heteroatoms. The second-order valence-corrected chi connectivity index (χ2v) is 5.40. The van der Waals surface area contributed by atoms with Crippen molar-refractivity contribution >= 4 is 5.69 Å². The average Bonchev–Trinajstić information content (AvgIpc) is 2.15. The topological polar surface area (TPSA) is 29.3 Å². The van der Waals surface area contributed by atoms with Gasteiger partial charge in [-0.1, -0.05) is 13.8 Å². The van der Waals surface area contributed by atoms with Crippen molar-refractivity contribution in [1.29, 1.82) is 0 Å². The maximum Gasteiger partial charge on any atom is 0.0320 e. The SMILES string of the molecule is CC(C)Cc1cc(N)cc2c1CCN(C)C2. The molecule has 0 aromatic heterocycles. The number of hydrogen-bond donors (Lipinski definition) is 1. The third-order valence-electron chi connectivity index (χ3n) is 3.27. The number of fused-ring (bicyclic) bond motifs is 1. The van der Waals surface area contributed by atoms with Gasteiger partial charge < -0.3 is 10.6 Å². The van der Waals surface area contributed by atoms with E-state index in [0.717, 1.165) is 18.7 Å². The fourth-order valence-corrected chi connectivity index (χ4v) is 2.58. The predicted molar refractivity (Wildman–Crippen MR) is 69.4 cm³/mol. The van der Waals surface area contributed by atoms with Crippen molar-refractivity contribution < 1.29 is 0 Å². The van der Waals surface area contributed by atoms with Crippen molar-refractivity contribution in [1.82, 2.24) is 4.90 Å². The van der Waals surface area contributed by atoms with E-state index in [9.17, 15) is 0 Å². The smallest absolute Gasteiger partial charge is 0.0320 e. The summed E-state index contributed by atoms with van der Waals surface area (Å²) in [6.45, 7) is 6.75. The quantitative estimate of drug-likeness (QED) is 0.773. The van der Waals surface area contributed by atoms with Crippen LogP contribution < -0.4 is 5.73 Å². The number of nitrogen functional groups attached to an aromatic ring is 1. The minimum absolute atomic E-state index is 0.700. The molecule has 0 aliphatic carbocycles. The zero-order chi connectivity index (χ0) is 11.7. The molecule has 2 N–H and O–H groups in total. The van der Waals surface area contributed by atoms with Gasteiger partial charge in [-0.25, -0.2) is 0 Å². The summed E-state index contributed by atoms with van der Waals surface area (Å²) in [5.41, 5.74) is 11.4. The molecule has 2 rings (SSSR count). The number of hydrogen-bond acceptors (Lipinski definition) is 2. The van der Waals surface area contributed by atoms with Crippen LogP contribution in [0.2, 0.25) is 0 Å². The molecule has 1 heterocycles. The summed E-state index contributed by atoms with van der Waals surface area (Å²) < 4.78 is 0. The lowest BCUT2D eigenvalue weighted by molar-refractivity contribution is 0.312. The first kappa shape index (κ1) is 11.5. The molecule has 0 radical (unpaired) electrons. The van der Waals surface area contributed by atoms with Crippen LogP contribution in [0.25, 0.3) is 0 Å². The molecule has 16 heavy (non-hydrogen) atoms. The van der Waals surface area contributed by atoms with Gasteiger partial charge in [-0.2, -0.15) is 0 Å². The molecule has 1 aliphatic rings. The van der Waals surface area contributed by atoms with Gasteiger partial charge in [0, 0.05) is 18.8 Å². The summed E-state index contributed by atoms with van der Waals surface area (Å²) in [6.07, 6.45) is 2.32. The monoisotopic (exact) mass is 218 g/mol. The van der Waals surface area contributed by atoms with Gasteiger partial charge in [0.1, 0.15) is 0 Å². The van der Waals surface area contributed by atoms with E-state index >= 15 is 0 Å². The van der Waals surface area contributed by atoms with Crippen molar-refractivity contribution in [3.8, 4) is 0 Å². The maximum atomic E-state index is 5.99. The zero-order valence-corrected chi connectivity index (χ0v) is 10.6. The van der Waals surface area contributed by atoms with Gasteiger partial charge in [0.2, 0.25) is 0 Å². The molecule has 0 atom stereocenters. The number of benzene rings is 1. The molecular formula is C14H22N2. The van der Waals surface area contributed by atoms with E-state index in [1.54, 1.807) is 5.56 Å². The van der Waals surface area contributed by atoms with Gasteiger partial charge in [-0.05, 0) is 54.6 Å². The zero-order valence-electron chi connectivity index (χ0n) is 10.6. The Morgan fingerprint density at radius 2 is 2.12 bits per heavy atom. The average molecular weight is 218 g/mol. The van der Waals surface area contributed by atoms with Crippen LogP contribution in [0.4, 0.5) is 5.69 Å². The van der Waals surface area contributed by atoms with Gasteiger partial charge in [-0.15, -0.1) is 0 Å². The Labute approximate surface area is 98.4 Å². The molecule has 1 aliphatic heterocycles. The van der Waals surface area contributed by atoms with Gasteiger partial charge in [-0.3, -0.25) is 0 Å². The number of likely N-dealkylation sites (N-methyl/N-ethyl adjacent to an activating group) is 1. The molecule has 0 unspecified atom stereocenters. The minimum atomic E-state index is 0.700. The second kappa shape index (κ2) is 4.46. The number of nitrogens with zero attached hydrogens (tertiary/aromatic N) is 1. The lowest BCUT2D eigenvalue weighted by Gasteiger charge is -2.27. The van der Waals surface area contributed by atoms with E-state index in [-0.39, 0.29) is 0 Å². The lowest BCUT2D eigenvalue weighted by atomic mass is 9.90. The normalized spacial score (nSPS) is 16.5. The summed E-state index contributed by atoms with van der Waals surface area (Å²) in [6, 6.07) is 4.32. The predicted octanol–water partition coefficient (Wildman–Crippen LogP) is 2.46. The molecular weight excluding hydrogens is 196 g/mol. The summed E-state index contributed by atoms with van der Waals surface area (Å²) >= 11 is 0. The van der Waals surface area contributed by atoms with Gasteiger partial charge >= 0.3 is 0 Å². The molecule has 0 amide bonds. The Kier molecular flexibility index (Phi) is 3.20. The molecule has 2 nitrogen and oxygen atoms in total. The van der Waals surface area contributed by atoms with E-state index in [1.807, 2.05) is 0 Å². The number of rotatable bonds is 2. The lowest BCUT2D eigenvalue weighted by Crippen LogP contribution is -2.27. The highest BCUT2D eigenvalue weighted by Gasteiger charge is 2.17. The van der Waals surface area contributed by atoms with Crippen molar-refractivity contribution in [2.45, 2.75) is 33.2 Å². The van der Waals surface area contributed by atoms with Crippen LogP contribution in [0.15, 0.2) is 12.1 Å². The van der Waals surface area contributed by atoms with Crippen LogP contribution in [0, 0.1) is 5.92 Å². The highest BCUT2D eigenvalue weighted by Crippen LogP contribution is 2.26. The van der Waals surface area contributed by atoms with E-state index in [0.29, 0.717) is 5.92 Å². The standard InChI is InChI=1S/C14H22N2/c1-10(2)6-11-7-13(15)8-12-9-16(3)5-4-14(11)12/h7-8,10H,4-6,9,15H2,1-3H3. The molecule has 0 bridgehead atoms. The Hall–Kier alpha value is -1.02.